The van der Waals surface area contributed by atoms with Crippen LogP contribution in [0.4, 0.5) is 0 Å². The maximum Gasteiger partial charge on any atom is 0.309 e. The minimum absolute atomic E-state index is 0.568. The van der Waals surface area contributed by atoms with E-state index in [-0.39, 0.29) is 0 Å². The Morgan fingerprint density at radius 2 is 2.19 bits per heavy atom. The normalized spacial score (nSPS) is 12.0. The fraction of sp³-hybridized carbons (Fsp3) is 0.467. The number of aliphatic carboxylic acids is 1. The molecule has 0 unspecified atom stereocenters. The molecule has 2 aromatic rings. The van der Waals surface area contributed by atoms with Crippen molar-refractivity contribution in [2.45, 2.75) is 26.8 Å². The third-order valence-corrected chi connectivity index (χ3v) is 3.96. The summed E-state index contributed by atoms with van der Waals surface area (Å²) in [5, 5.41) is 13.0. The molecule has 2 N–H and O–H groups in total. The first-order chi connectivity index (χ1) is 9.81. The molecule has 0 aliphatic carbocycles. The van der Waals surface area contributed by atoms with Gasteiger partial charge in [0.05, 0.1) is 23.0 Å². The molecule has 0 spiro atoms. The van der Waals surface area contributed by atoms with Gasteiger partial charge in [-0.25, -0.2) is 4.98 Å². The zero-order valence-corrected chi connectivity index (χ0v) is 13.2. The number of rotatable bonds is 6. The Morgan fingerprint density at radius 1 is 1.48 bits per heavy atom. The van der Waals surface area contributed by atoms with Gasteiger partial charge in [0.15, 0.2) is 0 Å². The molecule has 6 heteroatoms. The van der Waals surface area contributed by atoms with Gasteiger partial charge in [0.25, 0.3) is 0 Å². The van der Waals surface area contributed by atoms with Crippen molar-refractivity contribution in [3.63, 3.8) is 0 Å². The highest BCUT2D eigenvalue weighted by atomic mass is 35.5. The number of aromatic nitrogens is 2. The molecule has 5 nitrogen and oxygen atoms in total. The van der Waals surface area contributed by atoms with Crippen LogP contribution in [0.1, 0.15) is 26.1 Å². The van der Waals surface area contributed by atoms with Crippen LogP contribution in [-0.2, 0) is 18.4 Å². The summed E-state index contributed by atoms with van der Waals surface area (Å²) in [5.74, 6) is 0.127. The van der Waals surface area contributed by atoms with Crippen LogP contribution >= 0.6 is 11.6 Å². The molecule has 2 rings (SSSR count). The zero-order valence-electron chi connectivity index (χ0n) is 12.5. The summed E-state index contributed by atoms with van der Waals surface area (Å²) in [5.41, 5.74) is 1.18. The summed E-state index contributed by atoms with van der Waals surface area (Å²) in [7, 11) is 1.96. The van der Waals surface area contributed by atoms with E-state index in [1.807, 2.05) is 29.8 Å². The maximum atomic E-state index is 11.0. The third kappa shape index (κ3) is 3.54. The molecule has 0 bridgehead atoms. The van der Waals surface area contributed by atoms with Crippen molar-refractivity contribution in [2.75, 3.05) is 6.54 Å². The quantitative estimate of drug-likeness (QED) is 0.805. The van der Waals surface area contributed by atoms with Crippen molar-refractivity contribution in [3.8, 4) is 0 Å². The second kappa shape index (κ2) is 6.03. The van der Waals surface area contributed by atoms with E-state index in [1.165, 1.54) is 0 Å². The number of benzene rings is 1. The van der Waals surface area contributed by atoms with E-state index in [9.17, 15) is 4.79 Å². The lowest BCUT2D eigenvalue weighted by molar-refractivity contribution is -0.147. The number of carboxylic acid groups (broad SMARTS) is 1. The number of hydrogen-bond donors (Lipinski definition) is 2. The van der Waals surface area contributed by atoms with E-state index >= 15 is 0 Å². The van der Waals surface area contributed by atoms with E-state index in [0.717, 1.165) is 16.9 Å². The number of nitrogens with zero attached hydrogens (tertiary/aromatic N) is 2. The predicted molar refractivity (Wildman–Crippen MR) is 83.5 cm³/mol. The lowest BCUT2D eigenvalue weighted by atomic mass is 9.90. The number of halogens is 1. The van der Waals surface area contributed by atoms with Crippen LogP contribution in [0, 0.1) is 5.41 Å². The van der Waals surface area contributed by atoms with Crippen molar-refractivity contribution >= 4 is 28.6 Å². The molecule has 0 fully saturated rings. The Kier molecular flexibility index (Phi) is 4.54. The van der Waals surface area contributed by atoms with Gasteiger partial charge >= 0.3 is 5.97 Å². The average molecular weight is 310 g/mol. The van der Waals surface area contributed by atoms with E-state index in [2.05, 4.69) is 10.3 Å². The molecule has 1 aromatic heterocycles. The standard InChI is InChI=1S/C15H20ClN3O2/c1-15(2,14(20)21)6-7-17-9-13-18-11-8-10(16)4-5-12(11)19(13)3/h4-5,8,17H,6-7,9H2,1-3H3,(H,20,21). The minimum Gasteiger partial charge on any atom is -0.481 e. The van der Waals surface area contributed by atoms with Gasteiger partial charge in [-0.1, -0.05) is 11.6 Å². The Bertz CT molecular complexity index is 664. The van der Waals surface area contributed by atoms with Crippen molar-refractivity contribution < 1.29 is 9.90 Å². The minimum atomic E-state index is -0.776. The SMILES string of the molecule is Cn1c(CNCCC(C)(C)C(=O)O)nc2cc(Cl)ccc21. The van der Waals surface area contributed by atoms with Crippen molar-refractivity contribution in [1.29, 1.82) is 0 Å². The molecule has 0 aliphatic heterocycles. The van der Waals surface area contributed by atoms with Gasteiger partial charge in [-0.3, -0.25) is 4.79 Å². The number of imidazole rings is 1. The van der Waals surface area contributed by atoms with E-state index in [0.29, 0.717) is 24.5 Å². The molecule has 1 heterocycles. The molecule has 1 aromatic carbocycles. The van der Waals surface area contributed by atoms with Crippen molar-refractivity contribution in [2.24, 2.45) is 12.5 Å². The highest BCUT2D eigenvalue weighted by Gasteiger charge is 2.26. The van der Waals surface area contributed by atoms with Gasteiger partial charge in [-0.05, 0) is 45.0 Å². The molecule has 0 amide bonds. The first-order valence-corrected chi connectivity index (χ1v) is 7.24. The number of aryl methyl sites for hydroxylation is 1. The number of hydrogen-bond acceptors (Lipinski definition) is 3. The number of fused-ring (bicyclic) bond motifs is 1. The topological polar surface area (TPSA) is 67.2 Å². The molecule has 0 saturated carbocycles. The van der Waals surface area contributed by atoms with Gasteiger partial charge < -0.3 is 15.0 Å². The fourth-order valence-electron chi connectivity index (χ4n) is 2.09. The first-order valence-electron chi connectivity index (χ1n) is 6.86. The van der Waals surface area contributed by atoms with Gasteiger partial charge in [0.2, 0.25) is 0 Å². The maximum absolute atomic E-state index is 11.0. The molecular weight excluding hydrogens is 290 g/mol. The highest BCUT2D eigenvalue weighted by Crippen LogP contribution is 2.21. The summed E-state index contributed by atoms with van der Waals surface area (Å²) in [6.45, 7) is 4.68. The van der Waals surface area contributed by atoms with Crippen LogP contribution < -0.4 is 5.32 Å². The molecule has 0 atom stereocenters. The molecular formula is C15H20ClN3O2. The van der Waals surface area contributed by atoms with Gasteiger partial charge in [0, 0.05) is 12.1 Å². The number of carboxylic acids is 1. The Balaban J connectivity index is 1.98. The van der Waals surface area contributed by atoms with Crippen LogP contribution in [0.15, 0.2) is 18.2 Å². The largest absolute Gasteiger partial charge is 0.481 e. The summed E-state index contributed by atoms with van der Waals surface area (Å²) < 4.78 is 2.01. The average Bonchev–Trinajstić information content (AvgIpc) is 2.71. The zero-order chi connectivity index (χ0) is 15.6. The van der Waals surface area contributed by atoms with Crippen LogP contribution in [0.25, 0.3) is 11.0 Å². The molecule has 21 heavy (non-hydrogen) atoms. The first kappa shape index (κ1) is 15.8. The molecule has 0 aliphatic rings. The Hall–Kier alpha value is -1.59. The van der Waals surface area contributed by atoms with Crippen molar-refractivity contribution in [1.82, 2.24) is 14.9 Å². The molecule has 114 valence electrons. The summed E-state index contributed by atoms with van der Waals surface area (Å²) in [6.07, 6.45) is 0.568. The molecule has 0 radical (unpaired) electrons. The Labute approximate surface area is 128 Å². The summed E-state index contributed by atoms with van der Waals surface area (Å²) in [6, 6.07) is 5.63. The Morgan fingerprint density at radius 3 is 2.86 bits per heavy atom. The monoisotopic (exact) mass is 309 g/mol. The second-order valence-corrected chi connectivity index (χ2v) is 6.27. The van der Waals surface area contributed by atoms with Crippen LogP contribution in [0.3, 0.4) is 0 Å². The lowest BCUT2D eigenvalue weighted by Gasteiger charge is -2.18. The van der Waals surface area contributed by atoms with E-state index in [4.69, 9.17) is 16.7 Å². The van der Waals surface area contributed by atoms with Crippen LogP contribution in [-0.4, -0.2) is 27.2 Å². The summed E-state index contributed by atoms with van der Waals surface area (Å²) >= 11 is 5.97. The van der Waals surface area contributed by atoms with E-state index in [1.54, 1.807) is 13.8 Å². The third-order valence-electron chi connectivity index (χ3n) is 3.72. The fourth-order valence-corrected chi connectivity index (χ4v) is 2.26. The highest BCUT2D eigenvalue weighted by molar-refractivity contribution is 6.31. The lowest BCUT2D eigenvalue weighted by Crippen LogP contribution is -2.29. The van der Waals surface area contributed by atoms with Crippen LogP contribution in [0.5, 0.6) is 0 Å². The van der Waals surface area contributed by atoms with Crippen LogP contribution in [0.2, 0.25) is 5.02 Å². The predicted octanol–water partition coefficient (Wildman–Crippen LogP) is 2.82. The molecule has 0 saturated heterocycles. The van der Waals surface area contributed by atoms with Gasteiger partial charge in [-0.15, -0.1) is 0 Å². The second-order valence-electron chi connectivity index (χ2n) is 5.84. The van der Waals surface area contributed by atoms with Crippen molar-refractivity contribution in [3.05, 3.63) is 29.0 Å². The number of carbonyl (C=O) groups is 1. The summed E-state index contributed by atoms with van der Waals surface area (Å²) in [4.78, 5) is 15.6. The smallest absolute Gasteiger partial charge is 0.309 e. The van der Waals surface area contributed by atoms with Gasteiger partial charge in [0.1, 0.15) is 5.82 Å². The number of nitrogens with one attached hydrogen (secondary N) is 1. The van der Waals surface area contributed by atoms with E-state index < -0.39 is 11.4 Å². The van der Waals surface area contributed by atoms with Gasteiger partial charge in [-0.2, -0.15) is 0 Å².